The van der Waals surface area contributed by atoms with Crippen molar-refractivity contribution in [1.82, 2.24) is 9.97 Å². The fraction of sp³-hybridized carbons (Fsp3) is 0.143. The Morgan fingerprint density at radius 2 is 2.11 bits per heavy atom. The maximum atomic E-state index is 5.72. The Balaban J connectivity index is 2.05. The minimum absolute atomic E-state index is 0.566. The van der Waals surface area contributed by atoms with Crippen molar-refractivity contribution in [2.75, 3.05) is 12.8 Å². The van der Waals surface area contributed by atoms with Gasteiger partial charge in [0.1, 0.15) is 0 Å². The zero-order chi connectivity index (χ0) is 13.2. The molecule has 0 bridgehead atoms. The largest absolute Gasteiger partial charge is 0.380 e. The van der Waals surface area contributed by atoms with Gasteiger partial charge in [0.15, 0.2) is 5.13 Å². The number of hydrogen-bond donors (Lipinski definition) is 1. The molecule has 19 heavy (non-hydrogen) atoms. The molecule has 3 rings (SSSR count). The number of pyridine rings is 1. The number of aromatic nitrogens is 2. The first-order valence-corrected chi connectivity index (χ1v) is 6.67. The molecular weight excluding hydrogens is 258 g/mol. The van der Waals surface area contributed by atoms with Crippen molar-refractivity contribution in [2.24, 2.45) is 0 Å². The van der Waals surface area contributed by atoms with E-state index in [1.165, 1.54) is 11.3 Å². The lowest BCUT2D eigenvalue weighted by atomic mass is 10.1. The number of nitrogens with zero attached hydrogens (tertiary/aromatic N) is 2. The molecule has 4 nitrogen and oxygen atoms in total. The summed E-state index contributed by atoms with van der Waals surface area (Å²) in [4.78, 5) is 8.50. The number of fused-ring (bicyclic) bond motifs is 1. The molecule has 5 heteroatoms. The van der Waals surface area contributed by atoms with E-state index < -0.39 is 0 Å². The van der Waals surface area contributed by atoms with E-state index in [0.717, 1.165) is 26.9 Å². The van der Waals surface area contributed by atoms with Crippen molar-refractivity contribution < 1.29 is 4.74 Å². The number of benzene rings is 1. The average Bonchev–Trinajstić information content (AvgIpc) is 2.78. The van der Waals surface area contributed by atoms with Crippen LogP contribution in [0.25, 0.3) is 21.3 Å². The van der Waals surface area contributed by atoms with Gasteiger partial charge >= 0.3 is 0 Å². The molecule has 0 fully saturated rings. The molecule has 2 aromatic heterocycles. The quantitative estimate of drug-likeness (QED) is 0.795. The summed E-state index contributed by atoms with van der Waals surface area (Å²) < 4.78 is 6.22. The zero-order valence-electron chi connectivity index (χ0n) is 10.5. The van der Waals surface area contributed by atoms with E-state index in [0.29, 0.717) is 11.7 Å². The molecule has 0 saturated carbocycles. The Morgan fingerprint density at radius 1 is 1.21 bits per heavy atom. The second kappa shape index (κ2) is 4.95. The molecule has 1 aromatic carbocycles. The lowest BCUT2D eigenvalue weighted by Crippen LogP contribution is -1.90. The molecular formula is C14H13N3OS. The van der Waals surface area contributed by atoms with Crippen LogP contribution in [0.3, 0.4) is 0 Å². The molecule has 3 aromatic rings. The smallest absolute Gasteiger partial charge is 0.181 e. The summed E-state index contributed by atoms with van der Waals surface area (Å²) >= 11 is 1.50. The Bertz CT molecular complexity index is 724. The highest BCUT2D eigenvalue weighted by molar-refractivity contribution is 7.22. The molecule has 0 aliphatic carbocycles. The van der Waals surface area contributed by atoms with Gasteiger partial charge in [0, 0.05) is 25.1 Å². The number of hydrogen-bond acceptors (Lipinski definition) is 5. The highest BCUT2D eigenvalue weighted by atomic mass is 32.1. The molecule has 0 spiro atoms. The summed E-state index contributed by atoms with van der Waals surface area (Å²) in [7, 11) is 1.68. The number of ether oxygens (including phenoxy) is 1. The van der Waals surface area contributed by atoms with E-state index in [4.69, 9.17) is 10.5 Å². The molecule has 96 valence electrons. The van der Waals surface area contributed by atoms with Crippen LogP contribution in [-0.4, -0.2) is 17.1 Å². The topological polar surface area (TPSA) is 61.0 Å². The van der Waals surface area contributed by atoms with Crippen LogP contribution in [0, 0.1) is 0 Å². The summed E-state index contributed by atoms with van der Waals surface area (Å²) in [5.41, 5.74) is 9.90. The van der Waals surface area contributed by atoms with E-state index in [1.807, 2.05) is 24.5 Å². The third-order valence-electron chi connectivity index (χ3n) is 2.84. The molecule has 2 heterocycles. The van der Waals surface area contributed by atoms with Gasteiger partial charge in [0.25, 0.3) is 0 Å². The summed E-state index contributed by atoms with van der Waals surface area (Å²) in [6.45, 7) is 0.566. The lowest BCUT2D eigenvalue weighted by molar-refractivity contribution is 0.184. The maximum absolute atomic E-state index is 5.72. The molecule has 0 amide bonds. The van der Waals surface area contributed by atoms with Crippen LogP contribution in [-0.2, 0) is 11.3 Å². The van der Waals surface area contributed by atoms with Crippen LogP contribution in [0.5, 0.6) is 0 Å². The Kier molecular flexibility index (Phi) is 3.15. The van der Waals surface area contributed by atoms with Crippen LogP contribution >= 0.6 is 11.3 Å². The molecule has 0 saturated heterocycles. The second-order valence-corrected chi connectivity index (χ2v) is 5.31. The van der Waals surface area contributed by atoms with Gasteiger partial charge in [-0.05, 0) is 29.3 Å². The van der Waals surface area contributed by atoms with E-state index in [2.05, 4.69) is 22.1 Å². The standard InChI is InChI=1S/C14H13N3OS/c1-18-8-9-4-11(7-16-6-9)10-2-3-12-13(5-10)19-14(15)17-12/h2-7H,8H2,1H3,(H2,15,17). The van der Waals surface area contributed by atoms with Crippen molar-refractivity contribution in [3.8, 4) is 11.1 Å². The third-order valence-corrected chi connectivity index (χ3v) is 3.69. The Morgan fingerprint density at radius 3 is 2.95 bits per heavy atom. The number of methoxy groups -OCH3 is 1. The minimum atomic E-state index is 0.566. The number of rotatable bonds is 3. The molecule has 2 N–H and O–H groups in total. The number of thiazole rings is 1. The van der Waals surface area contributed by atoms with E-state index in [9.17, 15) is 0 Å². The molecule has 0 radical (unpaired) electrons. The molecule has 0 atom stereocenters. The fourth-order valence-corrected chi connectivity index (χ4v) is 2.79. The van der Waals surface area contributed by atoms with Crippen molar-refractivity contribution in [1.29, 1.82) is 0 Å². The third kappa shape index (κ3) is 2.43. The van der Waals surface area contributed by atoms with Crippen LogP contribution in [0.2, 0.25) is 0 Å². The van der Waals surface area contributed by atoms with Crippen LogP contribution < -0.4 is 5.73 Å². The number of nitrogen functional groups attached to an aromatic ring is 1. The van der Waals surface area contributed by atoms with Gasteiger partial charge in [-0.1, -0.05) is 17.4 Å². The lowest BCUT2D eigenvalue weighted by Gasteiger charge is -2.04. The monoisotopic (exact) mass is 271 g/mol. The van der Waals surface area contributed by atoms with E-state index in [1.54, 1.807) is 7.11 Å². The first kappa shape index (κ1) is 12.1. The van der Waals surface area contributed by atoms with Crippen molar-refractivity contribution in [2.45, 2.75) is 6.61 Å². The highest BCUT2D eigenvalue weighted by Crippen LogP contribution is 2.29. The number of nitrogens with two attached hydrogens (primary N) is 1. The van der Waals surface area contributed by atoms with Gasteiger partial charge in [-0.3, -0.25) is 4.98 Å². The van der Waals surface area contributed by atoms with Crippen molar-refractivity contribution in [3.05, 3.63) is 42.2 Å². The minimum Gasteiger partial charge on any atom is -0.380 e. The Hall–Kier alpha value is -1.98. The molecule has 0 aliphatic heterocycles. The van der Waals surface area contributed by atoms with Gasteiger partial charge in [0.2, 0.25) is 0 Å². The predicted molar refractivity (Wildman–Crippen MR) is 78.0 cm³/mol. The van der Waals surface area contributed by atoms with Crippen LogP contribution in [0.4, 0.5) is 5.13 Å². The summed E-state index contributed by atoms with van der Waals surface area (Å²) in [5.74, 6) is 0. The predicted octanol–water partition coefficient (Wildman–Crippen LogP) is 3.09. The van der Waals surface area contributed by atoms with Crippen LogP contribution in [0.1, 0.15) is 5.56 Å². The SMILES string of the molecule is COCc1cncc(-c2ccc3nc(N)sc3c2)c1. The van der Waals surface area contributed by atoms with E-state index >= 15 is 0 Å². The highest BCUT2D eigenvalue weighted by Gasteiger charge is 2.05. The maximum Gasteiger partial charge on any atom is 0.181 e. The normalized spacial score (nSPS) is 11.0. The number of anilines is 1. The van der Waals surface area contributed by atoms with Crippen molar-refractivity contribution in [3.63, 3.8) is 0 Å². The zero-order valence-corrected chi connectivity index (χ0v) is 11.3. The summed E-state index contributed by atoms with van der Waals surface area (Å²) in [5, 5.41) is 0.596. The first-order valence-electron chi connectivity index (χ1n) is 5.85. The van der Waals surface area contributed by atoms with Gasteiger partial charge < -0.3 is 10.5 Å². The van der Waals surface area contributed by atoms with Gasteiger partial charge in [-0.2, -0.15) is 0 Å². The van der Waals surface area contributed by atoms with Gasteiger partial charge in [0.05, 0.1) is 16.8 Å². The molecule has 0 aliphatic rings. The summed E-state index contributed by atoms with van der Waals surface area (Å²) in [6.07, 6.45) is 3.67. The van der Waals surface area contributed by atoms with Gasteiger partial charge in [-0.15, -0.1) is 0 Å². The second-order valence-electron chi connectivity index (χ2n) is 4.25. The van der Waals surface area contributed by atoms with Crippen LogP contribution in [0.15, 0.2) is 36.7 Å². The summed E-state index contributed by atoms with van der Waals surface area (Å²) in [6, 6.07) is 8.20. The van der Waals surface area contributed by atoms with E-state index in [-0.39, 0.29) is 0 Å². The van der Waals surface area contributed by atoms with Gasteiger partial charge in [-0.25, -0.2) is 4.98 Å². The average molecular weight is 271 g/mol. The Labute approximate surface area is 114 Å². The first-order chi connectivity index (χ1) is 9.26. The fourth-order valence-electron chi connectivity index (χ4n) is 2.01. The van der Waals surface area contributed by atoms with Crippen molar-refractivity contribution >= 4 is 26.7 Å². The molecule has 0 unspecified atom stereocenters.